The van der Waals surface area contributed by atoms with Gasteiger partial charge in [0.25, 0.3) is 10.0 Å². The van der Waals surface area contributed by atoms with Gasteiger partial charge in [-0.25, -0.2) is 8.42 Å². The van der Waals surface area contributed by atoms with E-state index in [0.29, 0.717) is 17.2 Å². The molecule has 2 atom stereocenters. The van der Waals surface area contributed by atoms with Gasteiger partial charge < -0.3 is 15.0 Å². The van der Waals surface area contributed by atoms with Crippen molar-refractivity contribution in [2.75, 3.05) is 24.5 Å². The maximum absolute atomic E-state index is 13.9. The van der Waals surface area contributed by atoms with E-state index in [4.69, 9.17) is 16.3 Å². The number of carbonyl (C=O) groups is 2. The van der Waals surface area contributed by atoms with Crippen LogP contribution < -0.4 is 14.4 Å². The maximum atomic E-state index is 13.9. The van der Waals surface area contributed by atoms with Gasteiger partial charge in [0.15, 0.2) is 0 Å². The molecule has 0 aliphatic heterocycles. The Morgan fingerprint density at radius 3 is 2.25 bits per heavy atom. The van der Waals surface area contributed by atoms with E-state index in [1.807, 2.05) is 44.2 Å². The molecule has 0 aliphatic rings. The molecule has 3 aromatic rings. The summed E-state index contributed by atoms with van der Waals surface area (Å²) in [7, 11) is -2.70. The predicted octanol–water partition coefficient (Wildman–Crippen LogP) is 4.92. The third-order valence-corrected chi connectivity index (χ3v) is 8.70. The number of methoxy groups -OCH3 is 1. The summed E-state index contributed by atoms with van der Waals surface area (Å²) in [4.78, 5) is 28.4. The minimum atomic E-state index is -4.19. The van der Waals surface area contributed by atoms with Gasteiger partial charge in [0.2, 0.25) is 11.8 Å². The van der Waals surface area contributed by atoms with Crippen LogP contribution in [-0.2, 0) is 26.0 Å². The van der Waals surface area contributed by atoms with Gasteiger partial charge in [-0.2, -0.15) is 0 Å². The Hall–Kier alpha value is -3.56. The number of carbonyl (C=O) groups excluding carboxylic acids is 2. The lowest BCUT2D eigenvalue weighted by molar-refractivity contribution is -0.139. The van der Waals surface area contributed by atoms with Crippen molar-refractivity contribution >= 4 is 39.1 Å². The molecule has 0 aromatic heterocycles. The van der Waals surface area contributed by atoms with Crippen molar-refractivity contribution in [2.45, 2.75) is 50.6 Å². The molecule has 40 heavy (non-hydrogen) atoms. The second kappa shape index (κ2) is 14.2. The molecule has 0 fully saturated rings. The number of sulfonamides is 1. The van der Waals surface area contributed by atoms with E-state index in [-0.39, 0.29) is 29.1 Å². The van der Waals surface area contributed by atoms with Crippen molar-refractivity contribution in [1.82, 2.24) is 10.2 Å². The molecule has 0 radical (unpaired) electrons. The molecule has 0 heterocycles. The predicted molar refractivity (Wildman–Crippen MR) is 158 cm³/mol. The van der Waals surface area contributed by atoms with Crippen LogP contribution in [0.5, 0.6) is 5.75 Å². The Balaban J connectivity index is 1.98. The maximum Gasteiger partial charge on any atom is 0.264 e. The van der Waals surface area contributed by atoms with Crippen molar-refractivity contribution in [1.29, 1.82) is 0 Å². The highest BCUT2D eigenvalue weighted by atomic mass is 35.5. The molecule has 0 bridgehead atoms. The van der Waals surface area contributed by atoms with Crippen molar-refractivity contribution in [2.24, 2.45) is 0 Å². The standard InChI is InChI=1S/C30H36ClN3O5S/c1-5-22(2)32-30(36)23(3)33(19-18-24-10-7-6-8-11-24)29(35)21-34(26-13-9-12-25(31)20-26)40(37,38)28-16-14-27(39-4)15-17-28/h6-17,20,22-23H,5,18-19,21H2,1-4H3,(H,32,36)/t22-,23-/m0/s1. The third kappa shape index (κ3) is 7.99. The van der Waals surface area contributed by atoms with Gasteiger partial charge >= 0.3 is 0 Å². The first-order valence-corrected chi connectivity index (χ1v) is 14.9. The molecule has 0 spiro atoms. The number of anilines is 1. The Kier molecular flexibility index (Phi) is 11.0. The molecule has 1 N–H and O–H groups in total. The molecule has 0 unspecified atom stereocenters. The fourth-order valence-electron chi connectivity index (χ4n) is 4.07. The zero-order valence-corrected chi connectivity index (χ0v) is 24.8. The van der Waals surface area contributed by atoms with Crippen molar-refractivity contribution in [3.8, 4) is 5.75 Å². The minimum absolute atomic E-state index is 0.0144. The van der Waals surface area contributed by atoms with Crippen LogP contribution in [0.2, 0.25) is 5.02 Å². The van der Waals surface area contributed by atoms with E-state index in [1.54, 1.807) is 37.3 Å². The highest BCUT2D eigenvalue weighted by molar-refractivity contribution is 7.92. The quantitative estimate of drug-likeness (QED) is 0.307. The number of halogens is 1. The first-order chi connectivity index (χ1) is 19.1. The summed E-state index contributed by atoms with van der Waals surface area (Å²) in [5.74, 6) is -0.319. The molecule has 0 aliphatic carbocycles. The Labute approximate surface area is 241 Å². The van der Waals surface area contributed by atoms with Gasteiger partial charge in [0.1, 0.15) is 18.3 Å². The van der Waals surface area contributed by atoms with Crippen LogP contribution in [0.15, 0.2) is 83.8 Å². The molecule has 0 saturated carbocycles. The van der Waals surface area contributed by atoms with Crippen LogP contribution in [0.1, 0.15) is 32.8 Å². The molecule has 10 heteroatoms. The number of hydrogen-bond acceptors (Lipinski definition) is 5. The lowest BCUT2D eigenvalue weighted by Crippen LogP contribution is -2.53. The van der Waals surface area contributed by atoms with Crippen LogP contribution in [-0.4, -0.2) is 57.4 Å². The van der Waals surface area contributed by atoms with E-state index in [1.165, 1.54) is 30.2 Å². The molecule has 3 aromatic carbocycles. The average molecular weight is 586 g/mol. The summed E-state index contributed by atoms with van der Waals surface area (Å²) in [6, 6.07) is 20.9. The van der Waals surface area contributed by atoms with Crippen LogP contribution in [0, 0.1) is 0 Å². The summed E-state index contributed by atoms with van der Waals surface area (Å²) in [6.45, 7) is 5.21. The molecule has 0 saturated heterocycles. The van der Waals surface area contributed by atoms with Gasteiger partial charge in [0, 0.05) is 17.6 Å². The lowest BCUT2D eigenvalue weighted by Gasteiger charge is -2.32. The Morgan fingerprint density at radius 1 is 0.975 bits per heavy atom. The largest absolute Gasteiger partial charge is 0.497 e. The normalized spacial score (nSPS) is 12.7. The topological polar surface area (TPSA) is 96.0 Å². The first kappa shape index (κ1) is 31.0. The summed E-state index contributed by atoms with van der Waals surface area (Å²) in [6.07, 6.45) is 1.23. The van der Waals surface area contributed by atoms with Crippen LogP contribution in [0.25, 0.3) is 0 Å². The zero-order chi connectivity index (χ0) is 29.3. The minimum Gasteiger partial charge on any atom is -0.497 e. The zero-order valence-electron chi connectivity index (χ0n) is 23.2. The molecule has 8 nitrogen and oxygen atoms in total. The van der Waals surface area contributed by atoms with Gasteiger partial charge in [0.05, 0.1) is 17.7 Å². The van der Waals surface area contributed by atoms with Gasteiger partial charge in [-0.1, -0.05) is 54.9 Å². The fraction of sp³-hybridized carbons (Fsp3) is 0.333. The number of rotatable bonds is 13. The Morgan fingerprint density at radius 2 is 1.65 bits per heavy atom. The number of amides is 2. The van der Waals surface area contributed by atoms with E-state index >= 15 is 0 Å². The number of ether oxygens (including phenoxy) is 1. The summed E-state index contributed by atoms with van der Waals surface area (Å²) >= 11 is 6.21. The second-order valence-corrected chi connectivity index (χ2v) is 11.8. The van der Waals surface area contributed by atoms with Crippen molar-refractivity contribution < 1.29 is 22.7 Å². The fourth-order valence-corrected chi connectivity index (χ4v) is 5.66. The highest BCUT2D eigenvalue weighted by Crippen LogP contribution is 2.27. The first-order valence-electron chi connectivity index (χ1n) is 13.1. The summed E-state index contributed by atoms with van der Waals surface area (Å²) < 4.78 is 33.9. The smallest absolute Gasteiger partial charge is 0.264 e. The van der Waals surface area contributed by atoms with Gasteiger partial charge in [-0.05, 0) is 74.7 Å². The van der Waals surface area contributed by atoms with Gasteiger partial charge in [-0.15, -0.1) is 0 Å². The van der Waals surface area contributed by atoms with E-state index in [2.05, 4.69) is 5.32 Å². The van der Waals surface area contributed by atoms with Crippen LogP contribution in [0.4, 0.5) is 5.69 Å². The Bertz CT molecular complexity index is 1380. The molecule has 3 rings (SSSR count). The van der Waals surface area contributed by atoms with Crippen LogP contribution in [0.3, 0.4) is 0 Å². The monoisotopic (exact) mass is 585 g/mol. The van der Waals surface area contributed by atoms with Crippen molar-refractivity contribution in [3.05, 3.63) is 89.4 Å². The number of benzene rings is 3. The van der Waals surface area contributed by atoms with E-state index in [9.17, 15) is 18.0 Å². The molecule has 2 amide bonds. The van der Waals surface area contributed by atoms with Gasteiger partial charge in [-0.3, -0.25) is 13.9 Å². The molecule has 214 valence electrons. The SMILES string of the molecule is CC[C@H](C)NC(=O)[C@H](C)N(CCc1ccccc1)C(=O)CN(c1cccc(Cl)c1)S(=O)(=O)c1ccc(OC)cc1. The van der Waals surface area contributed by atoms with Crippen LogP contribution >= 0.6 is 11.6 Å². The average Bonchev–Trinajstić information content (AvgIpc) is 2.96. The number of nitrogens with zero attached hydrogens (tertiary/aromatic N) is 2. The van der Waals surface area contributed by atoms with E-state index < -0.39 is 28.5 Å². The lowest BCUT2D eigenvalue weighted by atomic mass is 10.1. The highest BCUT2D eigenvalue weighted by Gasteiger charge is 2.32. The molecular weight excluding hydrogens is 550 g/mol. The van der Waals surface area contributed by atoms with E-state index in [0.717, 1.165) is 16.3 Å². The second-order valence-electron chi connectivity index (χ2n) is 9.48. The van der Waals surface area contributed by atoms with Crippen molar-refractivity contribution in [3.63, 3.8) is 0 Å². The summed E-state index contributed by atoms with van der Waals surface area (Å²) in [5.41, 5.74) is 1.23. The third-order valence-electron chi connectivity index (χ3n) is 6.68. The number of nitrogens with one attached hydrogen (secondary N) is 1. The number of hydrogen-bond donors (Lipinski definition) is 1. The molecular formula is C30H36ClN3O5S. The summed E-state index contributed by atoms with van der Waals surface area (Å²) in [5, 5.41) is 3.25.